The molecular weight excluding hydrogens is 348 g/mol. The smallest absolute Gasteiger partial charge is 0.176 e. The zero-order valence-electron chi connectivity index (χ0n) is 15.8. The number of hydrogen-bond donors (Lipinski definition) is 0. The molecule has 0 saturated carbocycles. The van der Waals surface area contributed by atoms with Crippen LogP contribution in [0.1, 0.15) is 29.2 Å². The van der Waals surface area contributed by atoms with Crippen LogP contribution in [0.4, 0.5) is 5.69 Å². The number of fused-ring (bicyclic) bond motifs is 1. The lowest BCUT2D eigenvalue weighted by Gasteiger charge is -2.35. The van der Waals surface area contributed by atoms with Crippen LogP contribution in [0.3, 0.4) is 0 Å². The molecule has 1 atom stereocenters. The first-order valence-corrected chi connectivity index (χ1v) is 9.58. The Morgan fingerprint density at radius 2 is 1.82 bits per heavy atom. The second-order valence-electron chi connectivity index (χ2n) is 7.23. The highest BCUT2D eigenvalue weighted by Gasteiger charge is 2.26. The van der Waals surface area contributed by atoms with Crippen molar-refractivity contribution in [2.45, 2.75) is 18.9 Å². The third-order valence-electron chi connectivity index (χ3n) is 5.37. The maximum absolute atomic E-state index is 4.38. The van der Waals surface area contributed by atoms with Gasteiger partial charge in [0.05, 0.1) is 12.7 Å². The van der Waals surface area contributed by atoms with Gasteiger partial charge in [0.1, 0.15) is 5.69 Å². The molecule has 2 aromatic carbocycles. The van der Waals surface area contributed by atoms with Crippen molar-refractivity contribution in [1.29, 1.82) is 0 Å². The molecule has 28 heavy (non-hydrogen) atoms. The van der Waals surface area contributed by atoms with Crippen molar-refractivity contribution in [3.8, 4) is 5.82 Å². The number of anilines is 1. The second-order valence-corrected chi connectivity index (χ2v) is 7.23. The van der Waals surface area contributed by atoms with Crippen LogP contribution in [0.5, 0.6) is 0 Å². The number of para-hydroxylation sites is 1. The van der Waals surface area contributed by atoms with E-state index in [1.807, 2.05) is 25.5 Å². The van der Waals surface area contributed by atoms with Crippen molar-refractivity contribution >= 4 is 5.69 Å². The fourth-order valence-corrected chi connectivity index (χ4v) is 4.03. The fourth-order valence-electron chi connectivity index (χ4n) is 4.03. The normalized spacial score (nSPS) is 16.2. The Labute approximate surface area is 164 Å². The molecule has 6 heteroatoms. The second kappa shape index (κ2) is 6.96. The van der Waals surface area contributed by atoms with Crippen molar-refractivity contribution < 1.29 is 0 Å². The molecule has 0 bridgehead atoms. The van der Waals surface area contributed by atoms with Crippen LogP contribution in [0.2, 0.25) is 0 Å². The minimum absolute atomic E-state index is 0.442. The summed E-state index contributed by atoms with van der Waals surface area (Å²) in [5.41, 5.74) is 5.00. The van der Waals surface area contributed by atoms with Gasteiger partial charge in [-0.2, -0.15) is 5.10 Å². The molecule has 6 nitrogen and oxygen atoms in total. The van der Waals surface area contributed by atoms with E-state index in [0.717, 1.165) is 31.0 Å². The van der Waals surface area contributed by atoms with Crippen molar-refractivity contribution in [2.75, 3.05) is 11.4 Å². The van der Waals surface area contributed by atoms with Crippen LogP contribution in [-0.4, -0.2) is 31.3 Å². The van der Waals surface area contributed by atoms with Crippen LogP contribution in [0.25, 0.3) is 5.82 Å². The Balaban J connectivity index is 1.41. The molecule has 1 aliphatic heterocycles. The minimum Gasteiger partial charge on any atom is -0.365 e. The summed E-state index contributed by atoms with van der Waals surface area (Å²) in [7, 11) is 1.90. The van der Waals surface area contributed by atoms with E-state index in [2.05, 4.69) is 74.9 Å². The van der Waals surface area contributed by atoms with E-state index >= 15 is 0 Å². The summed E-state index contributed by atoms with van der Waals surface area (Å²) in [5.74, 6) is 1.22. The summed E-state index contributed by atoms with van der Waals surface area (Å²) in [4.78, 5) is 2.40. The minimum atomic E-state index is 0.442. The molecule has 1 aliphatic rings. The average Bonchev–Trinajstić information content (AvgIpc) is 3.38. The maximum atomic E-state index is 4.38. The predicted molar refractivity (Wildman–Crippen MR) is 109 cm³/mol. The Bertz CT molecular complexity index is 1080. The van der Waals surface area contributed by atoms with Gasteiger partial charge < -0.3 is 4.90 Å². The highest BCUT2D eigenvalue weighted by atomic mass is 15.5. The molecule has 0 amide bonds. The third kappa shape index (κ3) is 3.07. The summed E-state index contributed by atoms with van der Waals surface area (Å²) in [5, 5.41) is 13.0. The van der Waals surface area contributed by atoms with E-state index in [9.17, 15) is 0 Å². The summed E-state index contributed by atoms with van der Waals surface area (Å²) in [6.45, 7) is 1.73. The van der Waals surface area contributed by atoms with Crippen LogP contribution in [0.15, 0.2) is 73.1 Å². The highest BCUT2D eigenvalue weighted by molar-refractivity contribution is 5.59. The number of benzene rings is 2. The van der Waals surface area contributed by atoms with Gasteiger partial charge in [-0.05, 0) is 23.6 Å². The van der Waals surface area contributed by atoms with Gasteiger partial charge >= 0.3 is 0 Å². The predicted octanol–water partition coefficient (Wildman–Crippen LogP) is 3.54. The number of rotatable bonds is 4. The molecule has 3 heterocycles. The molecule has 0 saturated heterocycles. The average molecular weight is 370 g/mol. The van der Waals surface area contributed by atoms with Gasteiger partial charge in [-0.25, -0.2) is 4.68 Å². The van der Waals surface area contributed by atoms with Gasteiger partial charge in [-0.3, -0.25) is 4.68 Å². The van der Waals surface area contributed by atoms with Crippen molar-refractivity contribution in [2.24, 2.45) is 7.05 Å². The van der Waals surface area contributed by atoms with Crippen molar-refractivity contribution in [3.63, 3.8) is 0 Å². The molecule has 0 fully saturated rings. The molecule has 2 aromatic heterocycles. The van der Waals surface area contributed by atoms with Gasteiger partial charge in [0, 0.05) is 37.5 Å². The standard InChI is InChI=1S/C22H22N6/c1-26-13-12-22(24-26)28-16-18(23-25-28)15-27-14-11-19(17-7-3-2-4-8-17)20-9-5-6-10-21(20)27/h2-10,12-13,16,19H,11,14-15H2,1H3. The van der Waals surface area contributed by atoms with Gasteiger partial charge in [-0.1, -0.05) is 53.7 Å². The van der Waals surface area contributed by atoms with Crippen LogP contribution in [0, 0.1) is 0 Å². The Kier molecular flexibility index (Phi) is 4.16. The lowest BCUT2D eigenvalue weighted by molar-refractivity contribution is 0.628. The van der Waals surface area contributed by atoms with Gasteiger partial charge in [0.15, 0.2) is 5.82 Å². The number of aromatic nitrogens is 5. The monoisotopic (exact) mass is 370 g/mol. The first-order valence-electron chi connectivity index (χ1n) is 9.58. The molecule has 140 valence electrons. The largest absolute Gasteiger partial charge is 0.365 e. The summed E-state index contributed by atoms with van der Waals surface area (Å²) >= 11 is 0. The topological polar surface area (TPSA) is 51.8 Å². The Hall–Kier alpha value is -3.41. The number of hydrogen-bond acceptors (Lipinski definition) is 4. The summed E-state index contributed by atoms with van der Waals surface area (Å²) in [6.07, 6.45) is 4.96. The molecule has 5 rings (SSSR count). The van der Waals surface area contributed by atoms with Crippen LogP contribution in [-0.2, 0) is 13.6 Å². The summed E-state index contributed by atoms with van der Waals surface area (Å²) in [6, 6.07) is 21.4. The first-order chi connectivity index (χ1) is 13.8. The van der Waals surface area contributed by atoms with E-state index in [0.29, 0.717) is 5.92 Å². The zero-order valence-corrected chi connectivity index (χ0v) is 15.8. The molecule has 1 unspecified atom stereocenters. The SMILES string of the molecule is Cn1ccc(-n2cc(CN3CCC(c4ccccc4)c4ccccc43)nn2)n1. The molecular formula is C22H22N6. The van der Waals surface area contributed by atoms with Crippen molar-refractivity contribution in [3.05, 3.63) is 89.9 Å². The van der Waals surface area contributed by atoms with E-state index in [1.165, 1.54) is 16.8 Å². The van der Waals surface area contributed by atoms with Gasteiger partial charge in [0.25, 0.3) is 0 Å². The first kappa shape index (κ1) is 16.7. The zero-order chi connectivity index (χ0) is 18.9. The molecule has 0 spiro atoms. The van der Waals surface area contributed by atoms with Crippen LogP contribution < -0.4 is 4.90 Å². The van der Waals surface area contributed by atoms with Gasteiger partial charge in [-0.15, -0.1) is 5.10 Å². The number of aryl methyl sites for hydroxylation is 1. The van der Waals surface area contributed by atoms with E-state index in [1.54, 1.807) is 9.36 Å². The fraction of sp³-hybridized carbons (Fsp3) is 0.227. The van der Waals surface area contributed by atoms with E-state index < -0.39 is 0 Å². The number of nitrogens with zero attached hydrogens (tertiary/aromatic N) is 6. The summed E-state index contributed by atoms with van der Waals surface area (Å²) < 4.78 is 3.50. The van der Waals surface area contributed by atoms with Crippen molar-refractivity contribution in [1.82, 2.24) is 24.8 Å². The molecule has 0 N–H and O–H groups in total. The lowest BCUT2D eigenvalue weighted by Crippen LogP contribution is -2.31. The van der Waals surface area contributed by atoms with Crippen LogP contribution >= 0.6 is 0 Å². The third-order valence-corrected chi connectivity index (χ3v) is 5.37. The molecule has 0 aliphatic carbocycles. The van der Waals surface area contributed by atoms with E-state index in [-0.39, 0.29) is 0 Å². The molecule has 0 radical (unpaired) electrons. The Morgan fingerprint density at radius 3 is 2.64 bits per heavy atom. The lowest BCUT2D eigenvalue weighted by atomic mass is 9.84. The quantitative estimate of drug-likeness (QED) is 0.551. The molecule has 4 aromatic rings. The highest BCUT2D eigenvalue weighted by Crippen LogP contribution is 2.39. The Morgan fingerprint density at radius 1 is 1.00 bits per heavy atom. The van der Waals surface area contributed by atoms with Gasteiger partial charge in [0.2, 0.25) is 0 Å². The van der Waals surface area contributed by atoms with E-state index in [4.69, 9.17) is 0 Å². The maximum Gasteiger partial charge on any atom is 0.176 e.